The molecule has 1 aliphatic rings. The van der Waals surface area contributed by atoms with E-state index in [1.165, 1.54) is 22.7 Å². The number of nitrogens with zero attached hydrogens (tertiary/aromatic N) is 3. The van der Waals surface area contributed by atoms with E-state index in [4.69, 9.17) is 5.73 Å². The maximum absolute atomic E-state index is 12.4. The number of nitrogens with two attached hydrogens (primary N) is 1. The first-order chi connectivity index (χ1) is 9.19. The van der Waals surface area contributed by atoms with Crippen molar-refractivity contribution in [3.8, 4) is 0 Å². The van der Waals surface area contributed by atoms with Crippen LogP contribution in [0, 0.1) is 5.41 Å². The Balaban J connectivity index is 2.70. The molecule has 7 nitrogen and oxygen atoms in total. The van der Waals surface area contributed by atoms with E-state index in [-0.39, 0.29) is 5.91 Å². The highest BCUT2D eigenvalue weighted by Crippen LogP contribution is 2.23. The summed E-state index contributed by atoms with van der Waals surface area (Å²) in [6.45, 7) is 5.60. The number of carbonyl (C=O) groups is 1. The predicted octanol–water partition coefficient (Wildman–Crippen LogP) is -0.688. The lowest BCUT2D eigenvalue weighted by atomic mass is 9.86. The Hall–Kier alpha value is -0.700. The van der Waals surface area contributed by atoms with E-state index in [1.807, 2.05) is 13.8 Å². The summed E-state index contributed by atoms with van der Waals surface area (Å²) in [5.41, 5.74) is 5.15. The first kappa shape index (κ1) is 17.4. The van der Waals surface area contributed by atoms with E-state index >= 15 is 0 Å². The molecule has 0 aromatic carbocycles. The quantitative estimate of drug-likeness (QED) is 0.728. The van der Waals surface area contributed by atoms with Gasteiger partial charge in [-0.05, 0) is 13.3 Å². The van der Waals surface area contributed by atoms with E-state index in [0.29, 0.717) is 39.1 Å². The molecule has 0 spiro atoms. The number of hydrogen-bond donors (Lipinski definition) is 1. The molecule has 1 aliphatic heterocycles. The van der Waals surface area contributed by atoms with Gasteiger partial charge >= 0.3 is 0 Å². The summed E-state index contributed by atoms with van der Waals surface area (Å²) in [6, 6.07) is 0. The summed E-state index contributed by atoms with van der Waals surface area (Å²) in [5, 5.41) is 0. The standard InChI is InChI=1S/C12H26N4O3S/c1-5-12(2,10-13)11(17)15-6-8-16(9-7-15)20(18,19)14(3)4/h5-10,13H2,1-4H3. The largest absolute Gasteiger partial charge is 0.340 e. The van der Waals surface area contributed by atoms with Gasteiger partial charge in [0.1, 0.15) is 0 Å². The number of piperazine rings is 1. The van der Waals surface area contributed by atoms with Crippen molar-refractivity contribution >= 4 is 16.1 Å². The Morgan fingerprint density at radius 1 is 1.25 bits per heavy atom. The molecule has 1 saturated heterocycles. The summed E-state index contributed by atoms with van der Waals surface area (Å²) >= 11 is 0. The molecule has 1 amide bonds. The van der Waals surface area contributed by atoms with Crippen LogP contribution in [-0.4, -0.2) is 74.7 Å². The first-order valence-electron chi connectivity index (χ1n) is 6.86. The van der Waals surface area contributed by atoms with Crippen molar-refractivity contribution in [3.05, 3.63) is 0 Å². The van der Waals surface area contributed by atoms with Crippen LogP contribution in [0.1, 0.15) is 20.3 Å². The molecule has 0 bridgehead atoms. The molecule has 1 atom stereocenters. The maximum Gasteiger partial charge on any atom is 0.281 e. The monoisotopic (exact) mass is 306 g/mol. The van der Waals surface area contributed by atoms with Gasteiger partial charge in [-0.15, -0.1) is 0 Å². The Kier molecular flexibility index (Phi) is 5.54. The molecule has 0 aromatic heterocycles. The zero-order valence-electron chi connectivity index (χ0n) is 12.8. The minimum Gasteiger partial charge on any atom is -0.340 e. The number of rotatable bonds is 5. The number of amides is 1. The molecule has 8 heteroatoms. The lowest BCUT2D eigenvalue weighted by Crippen LogP contribution is -2.56. The topological polar surface area (TPSA) is 87.0 Å². The van der Waals surface area contributed by atoms with Crippen molar-refractivity contribution in [2.24, 2.45) is 11.1 Å². The van der Waals surface area contributed by atoms with Crippen LogP contribution >= 0.6 is 0 Å². The summed E-state index contributed by atoms with van der Waals surface area (Å²) < 4.78 is 26.6. The van der Waals surface area contributed by atoms with Crippen LogP contribution in [0.3, 0.4) is 0 Å². The minimum atomic E-state index is -3.39. The van der Waals surface area contributed by atoms with E-state index in [2.05, 4.69) is 0 Å². The highest BCUT2D eigenvalue weighted by molar-refractivity contribution is 7.86. The fraction of sp³-hybridized carbons (Fsp3) is 0.917. The Morgan fingerprint density at radius 2 is 1.75 bits per heavy atom. The van der Waals surface area contributed by atoms with E-state index in [0.717, 1.165) is 0 Å². The molecule has 1 heterocycles. The van der Waals surface area contributed by atoms with Crippen molar-refractivity contribution in [2.75, 3.05) is 46.8 Å². The molecular formula is C12H26N4O3S. The summed E-state index contributed by atoms with van der Waals surface area (Å²) in [6.07, 6.45) is 0.679. The van der Waals surface area contributed by atoms with Crippen molar-refractivity contribution in [3.63, 3.8) is 0 Å². The third-order valence-electron chi connectivity index (χ3n) is 4.06. The fourth-order valence-electron chi connectivity index (χ4n) is 2.12. The van der Waals surface area contributed by atoms with E-state index in [1.54, 1.807) is 4.90 Å². The number of carbonyl (C=O) groups excluding carboxylic acids is 1. The van der Waals surface area contributed by atoms with Gasteiger partial charge in [0, 0.05) is 46.8 Å². The molecule has 0 radical (unpaired) electrons. The molecule has 0 aliphatic carbocycles. The average molecular weight is 306 g/mol. The van der Waals surface area contributed by atoms with Crippen LogP contribution in [0.2, 0.25) is 0 Å². The van der Waals surface area contributed by atoms with Gasteiger partial charge in [0.25, 0.3) is 10.2 Å². The third-order valence-corrected chi connectivity index (χ3v) is 6.00. The van der Waals surface area contributed by atoms with Crippen molar-refractivity contribution in [1.82, 2.24) is 13.5 Å². The smallest absolute Gasteiger partial charge is 0.281 e. The van der Waals surface area contributed by atoms with Gasteiger partial charge in [-0.25, -0.2) is 0 Å². The van der Waals surface area contributed by atoms with Crippen LogP contribution < -0.4 is 5.73 Å². The second-order valence-electron chi connectivity index (χ2n) is 5.60. The maximum atomic E-state index is 12.4. The van der Waals surface area contributed by atoms with Crippen molar-refractivity contribution in [1.29, 1.82) is 0 Å². The molecule has 1 unspecified atom stereocenters. The normalized spacial score (nSPS) is 21.0. The zero-order chi connectivity index (χ0) is 15.6. The van der Waals surface area contributed by atoms with E-state index in [9.17, 15) is 13.2 Å². The third kappa shape index (κ3) is 3.30. The molecule has 2 N–H and O–H groups in total. The minimum absolute atomic E-state index is 0.0180. The van der Waals surface area contributed by atoms with Gasteiger partial charge in [0.2, 0.25) is 5.91 Å². The molecule has 0 saturated carbocycles. The summed E-state index contributed by atoms with van der Waals surface area (Å²) in [5.74, 6) is 0.0180. The van der Waals surface area contributed by atoms with E-state index < -0.39 is 15.6 Å². The second-order valence-corrected chi connectivity index (χ2v) is 7.74. The van der Waals surface area contributed by atoms with Crippen LogP contribution in [-0.2, 0) is 15.0 Å². The molecule has 118 valence electrons. The number of hydrogen-bond acceptors (Lipinski definition) is 4. The van der Waals surface area contributed by atoms with Crippen LogP contribution in [0.25, 0.3) is 0 Å². The Morgan fingerprint density at radius 3 is 2.10 bits per heavy atom. The summed E-state index contributed by atoms with van der Waals surface area (Å²) in [7, 11) is -0.373. The highest BCUT2D eigenvalue weighted by Gasteiger charge is 2.37. The average Bonchev–Trinajstić information content (AvgIpc) is 2.45. The predicted molar refractivity (Wildman–Crippen MR) is 78.2 cm³/mol. The van der Waals surface area contributed by atoms with Gasteiger partial charge in [0.15, 0.2) is 0 Å². The fourth-order valence-corrected chi connectivity index (χ4v) is 3.20. The van der Waals surface area contributed by atoms with Crippen LogP contribution in [0.4, 0.5) is 0 Å². The molecule has 1 fully saturated rings. The lowest BCUT2D eigenvalue weighted by Gasteiger charge is -2.39. The Labute approximate surface area is 121 Å². The molecule has 0 aromatic rings. The van der Waals surface area contributed by atoms with Gasteiger partial charge in [-0.3, -0.25) is 4.79 Å². The molecule has 1 rings (SSSR count). The highest BCUT2D eigenvalue weighted by atomic mass is 32.2. The SMILES string of the molecule is CCC(C)(CN)C(=O)N1CCN(S(=O)(=O)N(C)C)CC1. The van der Waals surface area contributed by atoms with Crippen LogP contribution in [0.5, 0.6) is 0 Å². The van der Waals surface area contributed by atoms with Gasteiger partial charge in [-0.2, -0.15) is 17.0 Å². The second kappa shape index (κ2) is 6.38. The van der Waals surface area contributed by atoms with Gasteiger partial charge in [-0.1, -0.05) is 6.92 Å². The van der Waals surface area contributed by atoms with Gasteiger partial charge in [0.05, 0.1) is 5.41 Å². The summed E-state index contributed by atoms with van der Waals surface area (Å²) in [4.78, 5) is 14.2. The Bertz CT molecular complexity index is 438. The van der Waals surface area contributed by atoms with Crippen molar-refractivity contribution in [2.45, 2.75) is 20.3 Å². The first-order valence-corrected chi connectivity index (χ1v) is 8.25. The zero-order valence-corrected chi connectivity index (χ0v) is 13.6. The molecular weight excluding hydrogens is 280 g/mol. The van der Waals surface area contributed by atoms with Gasteiger partial charge < -0.3 is 10.6 Å². The van der Waals surface area contributed by atoms with Crippen molar-refractivity contribution < 1.29 is 13.2 Å². The lowest BCUT2D eigenvalue weighted by molar-refractivity contribution is -0.142. The van der Waals surface area contributed by atoms with Crippen LogP contribution in [0.15, 0.2) is 0 Å². The molecule has 20 heavy (non-hydrogen) atoms.